The number of nitrogens with zero attached hydrogens (tertiary/aromatic N) is 2. The first-order valence-electron chi connectivity index (χ1n) is 6.87. The third-order valence-corrected chi connectivity index (χ3v) is 3.40. The van der Waals surface area contributed by atoms with Crippen LogP contribution in [0.15, 0.2) is 0 Å². The second kappa shape index (κ2) is 8.15. The number of hydrogen-bond acceptors (Lipinski definition) is 3. The van der Waals surface area contributed by atoms with Crippen molar-refractivity contribution in [3.8, 4) is 12.3 Å². The molecule has 0 unspecified atom stereocenters. The highest BCUT2D eigenvalue weighted by atomic mass is 16.4. The zero-order chi connectivity index (χ0) is 15.8. The van der Waals surface area contributed by atoms with Crippen LogP contribution in [0, 0.1) is 18.3 Å². The summed E-state index contributed by atoms with van der Waals surface area (Å²) >= 11 is 0. The average molecular weight is 295 g/mol. The van der Waals surface area contributed by atoms with E-state index in [9.17, 15) is 14.4 Å². The molecule has 0 radical (unpaired) electrons. The summed E-state index contributed by atoms with van der Waals surface area (Å²) in [6.45, 7) is 2.77. The molecule has 1 heterocycles. The largest absolute Gasteiger partial charge is 0.480 e. The SMILES string of the molecule is C#CCN(CC(=O)O)C(=O)N1CCC(CNC(C)=O)CC1. The van der Waals surface area contributed by atoms with Crippen molar-refractivity contribution in [1.29, 1.82) is 0 Å². The van der Waals surface area contributed by atoms with Gasteiger partial charge in [0.1, 0.15) is 6.54 Å². The van der Waals surface area contributed by atoms with Gasteiger partial charge in [-0.1, -0.05) is 5.92 Å². The summed E-state index contributed by atoms with van der Waals surface area (Å²) in [5.74, 6) is 1.50. The predicted octanol–water partition coefficient (Wildman–Crippen LogP) is -0.0257. The predicted molar refractivity (Wildman–Crippen MR) is 76.4 cm³/mol. The van der Waals surface area contributed by atoms with Crippen LogP contribution in [0.2, 0.25) is 0 Å². The van der Waals surface area contributed by atoms with Crippen LogP contribution in [0.5, 0.6) is 0 Å². The topological polar surface area (TPSA) is 90.0 Å². The second-order valence-corrected chi connectivity index (χ2v) is 5.10. The molecule has 1 rings (SSSR count). The summed E-state index contributed by atoms with van der Waals surface area (Å²) in [7, 11) is 0. The molecule has 0 aliphatic carbocycles. The molecule has 1 saturated heterocycles. The van der Waals surface area contributed by atoms with E-state index in [4.69, 9.17) is 11.5 Å². The Morgan fingerprint density at radius 2 is 2.00 bits per heavy atom. The standard InChI is InChI=1S/C14H21N3O4/c1-3-6-17(10-13(19)20)14(21)16-7-4-12(5-8-16)9-15-11(2)18/h1,12H,4-10H2,2H3,(H,15,18)(H,19,20). The van der Waals surface area contributed by atoms with Crippen molar-refractivity contribution in [2.45, 2.75) is 19.8 Å². The van der Waals surface area contributed by atoms with Gasteiger partial charge < -0.3 is 20.2 Å². The fraction of sp³-hybridized carbons (Fsp3) is 0.643. The van der Waals surface area contributed by atoms with Crippen LogP contribution < -0.4 is 5.32 Å². The molecule has 3 amide bonds. The normalized spacial score (nSPS) is 15.1. The average Bonchev–Trinajstić information content (AvgIpc) is 2.44. The summed E-state index contributed by atoms with van der Waals surface area (Å²) in [6, 6.07) is -0.340. The molecule has 0 saturated carbocycles. The molecule has 116 valence electrons. The van der Waals surface area contributed by atoms with Gasteiger partial charge in [0.2, 0.25) is 5.91 Å². The van der Waals surface area contributed by atoms with E-state index in [1.54, 1.807) is 4.90 Å². The summed E-state index contributed by atoms with van der Waals surface area (Å²) in [5, 5.41) is 11.6. The number of likely N-dealkylation sites (tertiary alicyclic amines) is 1. The number of amides is 3. The summed E-state index contributed by atoms with van der Waals surface area (Å²) in [4.78, 5) is 36.6. The second-order valence-electron chi connectivity index (χ2n) is 5.10. The number of aliphatic carboxylic acids is 1. The fourth-order valence-electron chi connectivity index (χ4n) is 2.28. The Bertz CT molecular complexity index is 436. The van der Waals surface area contributed by atoms with Gasteiger partial charge in [0.05, 0.1) is 6.54 Å². The van der Waals surface area contributed by atoms with E-state index in [1.165, 1.54) is 6.92 Å². The van der Waals surface area contributed by atoms with Crippen LogP contribution in [0.4, 0.5) is 4.79 Å². The number of urea groups is 1. The lowest BCUT2D eigenvalue weighted by molar-refractivity contribution is -0.137. The molecule has 21 heavy (non-hydrogen) atoms. The molecule has 2 N–H and O–H groups in total. The Kier molecular flexibility index (Phi) is 6.53. The number of carboxylic acids is 1. The van der Waals surface area contributed by atoms with Crippen LogP contribution >= 0.6 is 0 Å². The van der Waals surface area contributed by atoms with Gasteiger partial charge in [0.25, 0.3) is 0 Å². The molecular formula is C14H21N3O4. The Morgan fingerprint density at radius 1 is 1.38 bits per heavy atom. The number of nitrogens with one attached hydrogen (secondary N) is 1. The van der Waals surface area contributed by atoms with Gasteiger partial charge >= 0.3 is 12.0 Å². The van der Waals surface area contributed by atoms with Crippen LogP contribution in [-0.2, 0) is 9.59 Å². The first-order chi connectivity index (χ1) is 9.93. The van der Waals surface area contributed by atoms with Crippen molar-refractivity contribution in [2.24, 2.45) is 5.92 Å². The van der Waals surface area contributed by atoms with Gasteiger partial charge in [-0.15, -0.1) is 6.42 Å². The molecule has 1 fully saturated rings. The van der Waals surface area contributed by atoms with E-state index in [-0.39, 0.29) is 18.5 Å². The molecule has 0 atom stereocenters. The maximum Gasteiger partial charge on any atom is 0.323 e. The Labute approximate surface area is 124 Å². The summed E-state index contributed by atoms with van der Waals surface area (Å²) in [6.07, 6.45) is 6.73. The minimum Gasteiger partial charge on any atom is -0.480 e. The third-order valence-electron chi connectivity index (χ3n) is 3.40. The maximum absolute atomic E-state index is 12.2. The lowest BCUT2D eigenvalue weighted by Crippen LogP contribution is -2.49. The first kappa shape index (κ1) is 16.8. The van der Waals surface area contributed by atoms with E-state index in [1.807, 2.05) is 0 Å². The van der Waals surface area contributed by atoms with E-state index in [0.717, 1.165) is 17.7 Å². The van der Waals surface area contributed by atoms with Crippen LogP contribution in [0.3, 0.4) is 0 Å². The number of terminal acetylenes is 1. The molecule has 0 spiro atoms. The molecule has 0 aromatic carbocycles. The fourth-order valence-corrected chi connectivity index (χ4v) is 2.28. The number of hydrogen-bond donors (Lipinski definition) is 2. The van der Waals surface area contributed by atoms with Crippen molar-refractivity contribution in [1.82, 2.24) is 15.1 Å². The van der Waals surface area contributed by atoms with Gasteiger partial charge in [-0.2, -0.15) is 0 Å². The zero-order valence-electron chi connectivity index (χ0n) is 12.2. The summed E-state index contributed by atoms with van der Waals surface area (Å²) < 4.78 is 0. The highest BCUT2D eigenvalue weighted by Gasteiger charge is 2.27. The number of rotatable bonds is 5. The van der Waals surface area contributed by atoms with Gasteiger partial charge in [0.15, 0.2) is 0 Å². The molecule has 1 aliphatic rings. The van der Waals surface area contributed by atoms with E-state index in [2.05, 4.69) is 11.2 Å². The van der Waals surface area contributed by atoms with Gasteiger partial charge in [-0.3, -0.25) is 9.59 Å². The van der Waals surface area contributed by atoms with Crippen LogP contribution in [-0.4, -0.2) is 65.5 Å². The summed E-state index contributed by atoms with van der Waals surface area (Å²) in [5.41, 5.74) is 0. The van der Waals surface area contributed by atoms with Gasteiger partial charge in [-0.25, -0.2) is 4.79 Å². The molecule has 0 aromatic heterocycles. The lowest BCUT2D eigenvalue weighted by atomic mass is 9.97. The molecule has 1 aliphatic heterocycles. The van der Waals surface area contributed by atoms with Gasteiger partial charge in [0, 0.05) is 26.6 Å². The Morgan fingerprint density at radius 3 is 2.48 bits per heavy atom. The van der Waals surface area contributed by atoms with Crippen LogP contribution in [0.25, 0.3) is 0 Å². The highest BCUT2D eigenvalue weighted by molar-refractivity contribution is 5.80. The minimum atomic E-state index is -1.08. The maximum atomic E-state index is 12.2. The molecule has 7 nitrogen and oxygen atoms in total. The molecule has 0 aromatic rings. The van der Waals surface area contributed by atoms with Gasteiger partial charge in [-0.05, 0) is 18.8 Å². The van der Waals surface area contributed by atoms with Crippen molar-refractivity contribution in [2.75, 3.05) is 32.7 Å². The molecule has 7 heteroatoms. The number of carbonyl (C=O) groups is 3. The van der Waals surface area contributed by atoms with E-state index < -0.39 is 12.5 Å². The number of carboxylic acid groups (broad SMARTS) is 1. The highest BCUT2D eigenvalue weighted by Crippen LogP contribution is 2.17. The number of carbonyl (C=O) groups excluding carboxylic acids is 2. The lowest BCUT2D eigenvalue weighted by Gasteiger charge is -2.34. The quantitative estimate of drug-likeness (QED) is 0.697. The van der Waals surface area contributed by atoms with Crippen LogP contribution in [0.1, 0.15) is 19.8 Å². The third kappa shape index (κ3) is 5.73. The Balaban J connectivity index is 2.47. The smallest absolute Gasteiger partial charge is 0.323 e. The van der Waals surface area contributed by atoms with Crippen molar-refractivity contribution < 1.29 is 19.5 Å². The van der Waals surface area contributed by atoms with Crippen molar-refractivity contribution >= 4 is 17.9 Å². The number of piperidine rings is 1. The first-order valence-corrected chi connectivity index (χ1v) is 6.87. The molecular weight excluding hydrogens is 274 g/mol. The van der Waals surface area contributed by atoms with Crippen molar-refractivity contribution in [3.63, 3.8) is 0 Å². The Hall–Kier alpha value is -2.23. The van der Waals surface area contributed by atoms with E-state index in [0.29, 0.717) is 25.6 Å². The minimum absolute atomic E-state index is 0.0169. The zero-order valence-corrected chi connectivity index (χ0v) is 12.2. The molecule has 0 bridgehead atoms. The van der Waals surface area contributed by atoms with Crippen molar-refractivity contribution in [3.05, 3.63) is 0 Å². The monoisotopic (exact) mass is 295 g/mol. The van der Waals surface area contributed by atoms with E-state index >= 15 is 0 Å².